The minimum atomic E-state index is -0.0460. The SMILES string of the molecule is C=C(C)c1ccc(COc2nc(-c3c(OC)ncnc3C3CC3)ncc2C(=O)CCC)cc1. The Balaban J connectivity index is 1.70. The Hall–Kier alpha value is -3.61. The lowest BCUT2D eigenvalue weighted by Gasteiger charge is -2.14. The maximum atomic E-state index is 12.7. The fraction of sp³-hybridized carbons (Fsp3) is 0.346. The average Bonchev–Trinajstić information content (AvgIpc) is 3.68. The molecule has 2 aromatic heterocycles. The Morgan fingerprint density at radius 3 is 2.52 bits per heavy atom. The molecule has 0 amide bonds. The Morgan fingerprint density at radius 2 is 1.88 bits per heavy atom. The number of rotatable bonds is 10. The van der Waals surface area contributed by atoms with Crippen LogP contribution in [0, 0.1) is 0 Å². The van der Waals surface area contributed by atoms with Crippen LogP contribution >= 0.6 is 0 Å². The van der Waals surface area contributed by atoms with Crippen molar-refractivity contribution in [1.29, 1.82) is 0 Å². The molecule has 0 radical (unpaired) electrons. The molecule has 7 nitrogen and oxygen atoms in total. The van der Waals surface area contributed by atoms with Crippen LogP contribution in [0.15, 0.2) is 43.4 Å². The number of benzene rings is 1. The average molecular weight is 445 g/mol. The van der Waals surface area contributed by atoms with Gasteiger partial charge in [0.2, 0.25) is 11.8 Å². The number of carbonyl (C=O) groups excluding carboxylic acids is 1. The van der Waals surface area contributed by atoms with Crippen LogP contribution in [0.25, 0.3) is 17.0 Å². The van der Waals surface area contributed by atoms with E-state index >= 15 is 0 Å². The fourth-order valence-corrected chi connectivity index (χ4v) is 3.60. The lowest BCUT2D eigenvalue weighted by molar-refractivity contribution is 0.0976. The second-order valence-corrected chi connectivity index (χ2v) is 8.27. The van der Waals surface area contributed by atoms with Crippen molar-refractivity contribution in [3.8, 4) is 23.1 Å². The van der Waals surface area contributed by atoms with Gasteiger partial charge >= 0.3 is 0 Å². The highest BCUT2D eigenvalue weighted by molar-refractivity contribution is 5.98. The summed E-state index contributed by atoms with van der Waals surface area (Å²) < 4.78 is 11.6. The van der Waals surface area contributed by atoms with E-state index in [1.165, 1.54) is 6.33 Å². The minimum absolute atomic E-state index is 0.0460. The first kappa shape index (κ1) is 22.6. The Kier molecular flexibility index (Phi) is 6.77. The summed E-state index contributed by atoms with van der Waals surface area (Å²) in [7, 11) is 1.56. The molecule has 0 saturated heterocycles. The zero-order valence-corrected chi connectivity index (χ0v) is 19.3. The number of aromatic nitrogens is 4. The molecule has 0 N–H and O–H groups in total. The van der Waals surface area contributed by atoms with Crippen LogP contribution in [0.4, 0.5) is 0 Å². The van der Waals surface area contributed by atoms with Crippen molar-refractivity contribution in [3.05, 3.63) is 65.8 Å². The van der Waals surface area contributed by atoms with Crippen LogP contribution < -0.4 is 9.47 Å². The zero-order valence-electron chi connectivity index (χ0n) is 19.3. The normalized spacial score (nSPS) is 12.9. The van der Waals surface area contributed by atoms with E-state index in [-0.39, 0.29) is 18.3 Å². The third-order valence-corrected chi connectivity index (χ3v) is 5.58. The van der Waals surface area contributed by atoms with Crippen molar-refractivity contribution < 1.29 is 14.3 Å². The molecule has 0 aliphatic heterocycles. The lowest BCUT2D eigenvalue weighted by Crippen LogP contribution is -2.09. The van der Waals surface area contributed by atoms with E-state index in [1.54, 1.807) is 13.3 Å². The molecule has 3 aromatic rings. The molecular weight excluding hydrogens is 416 g/mol. The van der Waals surface area contributed by atoms with Crippen LogP contribution in [-0.4, -0.2) is 32.8 Å². The summed E-state index contributed by atoms with van der Waals surface area (Å²) in [5.74, 6) is 1.37. The van der Waals surface area contributed by atoms with Gasteiger partial charge in [0.25, 0.3) is 0 Å². The second kappa shape index (κ2) is 9.90. The summed E-state index contributed by atoms with van der Waals surface area (Å²) in [6.07, 6.45) is 6.30. The van der Waals surface area contributed by atoms with Gasteiger partial charge in [-0.25, -0.2) is 15.0 Å². The van der Waals surface area contributed by atoms with Crippen molar-refractivity contribution >= 4 is 11.4 Å². The number of allylic oxidation sites excluding steroid dienone is 1. The first-order valence-corrected chi connectivity index (χ1v) is 11.2. The monoisotopic (exact) mass is 444 g/mol. The van der Waals surface area contributed by atoms with Gasteiger partial charge in [-0.3, -0.25) is 4.79 Å². The molecule has 0 unspecified atom stereocenters. The number of Topliss-reactive ketones (excluding diaryl/α,β-unsaturated/α-hetero) is 1. The number of hydrogen-bond donors (Lipinski definition) is 0. The van der Waals surface area contributed by atoms with E-state index in [4.69, 9.17) is 9.47 Å². The van der Waals surface area contributed by atoms with E-state index < -0.39 is 0 Å². The van der Waals surface area contributed by atoms with Gasteiger partial charge in [-0.1, -0.05) is 43.3 Å². The van der Waals surface area contributed by atoms with Gasteiger partial charge in [-0.2, -0.15) is 4.98 Å². The summed E-state index contributed by atoms with van der Waals surface area (Å²) >= 11 is 0. The van der Waals surface area contributed by atoms with E-state index in [1.807, 2.05) is 38.1 Å². The van der Waals surface area contributed by atoms with Gasteiger partial charge in [-0.05, 0) is 37.3 Å². The molecule has 0 bridgehead atoms. The summed E-state index contributed by atoms with van der Waals surface area (Å²) in [5.41, 5.74) is 4.95. The van der Waals surface area contributed by atoms with Gasteiger partial charge in [0.1, 0.15) is 18.5 Å². The Bertz CT molecular complexity index is 1170. The van der Waals surface area contributed by atoms with Crippen LogP contribution in [0.3, 0.4) is 0 Å². The van der Waals surface area contributed by atoms with Crippen molar-refractivity contribution in [2.24, 2.45) is 0 Å². The van der Waals surface area contributed by atoms with Crippen molar-refractivity contribution in [3.63, 3.8) is 0 Å². The van der Waals surface area contributed by atoms with E-state index in [9.17, 15) is 4.79 Å². The number of hydrogen-bond acceptors (Lipinski definition) is 7. The molecule has 1 aliphatic carbocycles. The first-order valence-electron chi connectivity index (χ1n) is 11.2. The molecule has 33 heavy (non-hydrogen) atoms. The third kappa shape index (κ3) is 5.08. The Labute approximate surface area is 193 Å². The van der Waals surface area contributed by atoms with Crippen molar-refractivity contribution in [2.45, 2.75) is 52.1 Å². The van der Waals surface area contributed by atoms with Gasteiger partial charge < -0.3 is 9.47 Å². The maximum Gasteiger partial charge on any atom is 0.228 e. The Morgan fingerprint density at radius 1 is 1.12 bits per heavy atom. The van der Waals surface area contributed by atoms with Crippen molar-refractivity contribution in [2.75, 3.05) is 7.11 Å². The van der Waals surface area contributed by atoms with E-state index in [2.05, 4.69) is 26.5 Å². The molecule has 4 rings (SSSR count). The van der Waals surface area contributed by atoms with Crippen LogP contribution in [0.2, 0.25) is 0 Å². The number of carbonyl (C=O) groups is 1. The summed E-state index contributed by atoms with van der Waals surface area (Å²) in [6, 6.07) is 7.98. The topological polar surface area (TPSA) is 87.1 Å². The highest BCUT2D eigenvalue weighted by atomic mass is 16.5. The lowest BCUT2D eigenvalue weighted by atomic mass is 10.1. The standard InChI is InChI=1S/C26H28N4O3/c1-5-6-21(31)20-13-27-24(22-23(19-11-12-19)28-15-29-26(22)32-4)30-25(20)33-14-17-7-9-18(10-8-17)16(2)3/h7-10,13,15,19H,2,5-6,11-12,14H2,1,3-4H3. The quantitative estimate of drug-likeness (QED) is 0.386. The molecule has 2 heterocycles. The van der Waals surface area contributed by atoms with Crippen LogP contribution in [-0.2, 0) is 6.61 Å². The molecule has 170 valence electrons. The summed E-state index contributed by atoms with van der Waals surface area (Å²) in [6.45, 7) is 8.17. The third-order valence-electron chi connectivity index (χ3n) is 5.58. The highest BCUT2D eigenvalue weighted by Gasteiger charge is 2.32. The predicted molar refractivity (Wildman–Crippen MR) is 126 cm³/mol. The molecule has 0 atom stereocenters. The largest absolute Gasteiger partial charge is 0.480 e. The van der Waals surface area contributed by atoms with Crippen LogP contribution in [0.1, 0.15) is 72.6 Å². The van der Waals surface area contributed by atoms with E-state index in [0.29, 0.717) is 35.2 Å². The second-order valence-electron chi connectivity index (χ2n) is 8.27. The maximum absolute atomic E-state index is 12.7. The van der Waals surface area contributed by atoms with E-state index in [0.717, 1.165) is 41.7 Å². The molecular formula is C26H28N4O3. The number of ether oxygens (including phenoxy) is 2. The van der Waals surface area contributed by atoms with Crippen LogP contribution in [0.5, 0.6) is 11.8 Å². The molecule has 1 saturated carbocycles. The van der Waals surface area contributed by atoms with Gasteiger partial charge in [0, 0.05) is 18.5 Å². The number of nitrogens with zero attached hydrogens (tertiary/aromatic N) is 4. The molecule has 1 fully saturated rings. The van der Waals surface area contributed by atoms with Crippen molar-refractivity contribution in [1.82, 2.24) is 19.9 Å². The highest BCUT2D eigenvalue weighted by Crippen LogP contribution is 2.45. The predicted octanol–water partition coefficient (Wildman–Crippen LogP) is 5.41. The number of methoxy groups -OCH3 is 1. The molecule has 0 spiro atoms. The zero-order chi connectivity index (χ0) is 23.4. The first-order chi connectivity index (χ1) is 16.0. The summed E-state index contributed by atoms with van der Waals surface area (Å²) in [4.78, 5) is 30.6. The minimum Gasteiger partial charge on any atom is -0.480 e. The molecule has 7 heteroatoms. The van der Waals surface area contributed by atoms with Gasteiger partial charge in [0.05, 0.1) is 18.4 Å². The fourth-order valence-electron chi connectivity index (χ4n) is 3.60. The smallest absolute Gasteiger partial charge is 0.228 e. The van der Waals surface area contributed by atoms with Gasteiger partial charge in [0.15, 0.2) is 11.6 Å². The molecule has 1 aliphatic rings. The molecule has 1 aromatic carbocycles. The number of ketones is 1. The van der Waals surface area contributed by atoms with Gasteiger partial charge in [-0.15, -0.1) is 0 Å². The summed E-state index contributed by atoms with van der Waals surface area (Å²) in [5, 5.41) is 0.